The van der Waals surface area contributed by atoms with Gasteiger partial charge in [0.05, 0.1) is 30.0 Å². The minimum Gasteiger partial charge on any atom is -0.352 e. The van der Waals surface area contributed by atoms with Crippen LogP contribution in [0.25, 0.3) is 22.0 Å². The largest absolute Gasteiger partial charge is 0.433 e. The molecule has 4 aromatic rings. The number of amides is 1. The topological polar surface area (TPSA) is 105 Å². The third kappa shape index (κ3) is 5.41. The summed E-state index contributed by atoms with van der Waals surface area (Å²) < 4.78 is 41.1. The van der Waals surface area contributed by atoms with Crippen LogP contribution >= 0.6 is 0 Å². The average Bonchev–Trinajstić information content (AvgIpc) is 3.41. The summed E-state index contributed by atoms with van der Waals surface area (Å²) in [7, 11) is 0. The first kappa shape index (κ1) is 24.7. The fraction of sp³-hybridized carbons (Fsp3) is 0.308. The second kappa shape index (κ2) is 10.2. The van der Waals surface area contributed by atoms with Crippen molar-refractivity contribution in [1.29, 1.82) is 0 Å². The zero-order valence-corrected chi connectivity index (χ0v) is 19.8. The summed E-state index contributed by atoms with van der Waals surface area (Å²) in [5.41, 5.74) is 0.387. The lowest BCUT2D eigenvalue weighted by atomic mass is 9.98. The van der Waals surface area contributed by atoms with Gasteiger partial charge in [0.2, 0.25) is 0 Å². The first-order valence-corrected chi connectivity index (χ1v) is 12.0. The monoisotopic (exact) mass is 510 g/mol. The Labute approximate surface area is 209 Å². The van der Waals surface area contributed by atoms with Gasteiger partial charge in [-0.1, -0.05) is 18.2 Å². The van der Waals surface area contributed by atoms with Gasteiger partial charge in [-0.05, 0) is 67.2 Å². The molecule has 1 fully saturated rings. The molecular formula is C26H25F3N6O2. The summed E-state index contributed by atoms with van der Waals surface area (Å²) in [5, 5.41) is 12.1. The molecule has 8 nitrogen and oxygen atoms in total. The van der Waals surface area contributed by atoms with E-state index < -0.39 is 11.9 Å². The highest BCUT2D eigenvalue weighted by atomic mass is 19.4. The Balaban J connectivity index is 1.34. The van der Waals surface area contributed by atoms with Crippen molar-refractivity contribution in [2.24, 2.45) is 5.92 Å². The van der Waals surface area contributed by atoms with E-state index in [4.69, 9.17) is 0 Å². The second-order valence-electron chi connectivity index (χ2n) is 9.17. The minimum atomic E-state index is -4.59. The molecule has 1 saturated heterocycles. The lowest BCUT2D eigenvalue weighted by molar-refractivity contribution is -0.140. The van der Waals surface area contributed by atoms with Crippen molar-refractivity contribution in [3.63, 3.8) is 0 Å². The highest BCUT2D eigenvalue weighted by Gasteiger charge is 2.36. The van der Waals surface area contributed by atoms with Gasteiger partial charge in [-0.3, -0.25) is 19.3 Å². The third-order valence-corrected chi connectivity index (χ3v) is 6.61. The van der Waals surface area contributed by atoms with Crippen molar-refractivity contribution in [3.05, 3.63) is 82.2 Å². The number of H-pyrrole nitrogens is 1. The summed E-state index contributed by atoms with van der Waals surface area (Å²) in [6.45, 7) is 2.75. The standard InChI is InChI=1S/C26H25F3N6O2/c27-26(28,29)23-21(13-33-34-23)18-4-5-20-22(11-18)32-15-35(25(20)37)14-17-2-1-3-19(10-17)24(36)31-12-16-6-8-30-9-7-16/h1-5,10-11,13,15-16,30H,6-9,12,14H2,(H,31,36)(H,33,34). The molecule has 1 aliphatic rings. The summed E-state index contributed by atoms with van der Waals surface area (Å²) in [6, 6.07) is 11.4. The third-order valence-electron chi connectivity index (χ3n) is 6.61. The number of hydrogen-bond donors (Lipinski definition) is 3. The first-order valence-electron chi connectivity index (χ1n) is 12.0. The summed E-state index contributed by atoms with van der Waals surface area (Å²) in [4.78, 5) is 30.1. The molecule has 11 heteroatoms. The van der Waals surface area contributed by atoms with E-state index in [0.29, 0.717) is 18.0 Å². The molecule has 1 amide bonds. The number of nitrogens with zero attached hydrogens (tertiary/aromatic N) is 3. The average molecular weight is 511 g/mol. The second-order valence-corrected chi connectivity index (χ2v) is 9.17. The van der Waals surface area contributed by atoms with E-state index in [1.165, 1.54) is 29.1 Å². The molecule has 0 atom stereocenters. The van der Waals surface area contributed by atoms with Crippen LogP contribution < -0.4 is 16.2 Å². The van der Waals surface area contributed by atoms with Crippen LogP contribution in [0.4, 0.5) is 13.2 Å². The fourth-order valence-corrected chi connectivity index (χ4v) is 4.59. The SMILES string of the molecule is O=C(NCC1CCNCC1)c1cccc(Cn2cnc3cc(-c4cn[nH]c4C(F)(F)F)ccc3c2=O)c1. The van der Waals surface area contributed by atoms with Crippen molar-refractivity contribution >= 4 is 16.8 Å². The molecule has 192 valence electrons. The number of carbonyl (C=O) groups excluding carboxylic acids is 1. The Morgan fingerprint density at radius 1 is 1.14 bits per heavy atom. The maximum absolute atomic E-state index is 13.2. The predicted octanol–water partition coefficient (Wildman–Crippen LogP) is 3.58. The number of benzene rings is 2. The van der Waals surface area contributed by atoms with Crippen LogP contribution in [0, 0.1) is 5.92 Å². The van der Waals surface area contributed by atoms with Gasteiger partial charge < -0.3 is 10.6 Å². The highest BCUT2D eigenvalue weighted by molar-refractivity contribution is 5.94. The van der Waals surface area contributed by atoms with Gasteiger partial charge in [0.25, 0.3) is 11.5 Å². The van der Waals surface area contributed by atoms with Crippen LogP contribution in [0.3, 0.4) is 0 Å². The molecule has 0 aliphatic carbocycles. The molecule has 0 spiro atoms. The Morgan fingerprint density at radius 3 is 2.73 bits per heavy atom. The number of hydrogen-bond acceptors (Lipinski definition) is 5. The van der Waals surface area contributed by atoms with Crippen LogP contribution in [-0.4, -0.2) is 45.3 Å². The number of piperidine rings is 1. The maximum Gasteiger partial charge on any atom is 0.433 e. The highest BCUT2D eigenvalue weighted by Crippen LogP contribution is 2.35. The molecule has 2 aromatic heterocycles. The van der Waals surface area contributed by atoms with Crippen molar-refractivity contribution < 1.29 is 18.0 Å². The summed E-state index contributed by atoms with van der Waals surface area (Å²) >= 11 is 0. The van der Waals surface area contributed by atoms with E-state index in [0.717, 1.165) is 37.7 Å². The Bertz CT molecular complexity index is 1490. The van der Waals surface area contributed by atoms with Crippen molar-refractivity contribution in [1.82, 2.24) is 30.4 Å². The van der Waals surface area contributed by atoms with E-state index in [1.54, 1.807) is 18.2 Å². The molecule has 3 heterocycles. The number of rotatable bonds is 6. The van der Waals surface area contributed by atoms with Gasteiger partial charge in [-0.2, -0.15) is 18.3 Å². The number of halogens is 3. The van der Waals surface area contributed by atoms with Gasteiger partial charge in [-0.15, -0.1) is 0 Å². The number of fused-ring (bicyclic) bond motifs is 1. The lowest BCUT2D eigenvalue weighted by Crippen LogP contribution is -2.36. The zero-order chi connectivity index (χ0) is 26.0. The van der Waals surface area contributed by atoms with Crippen molar-refractivity contribution in [3.8, 4) is 11.1 Å². The number of aromatic nitrogens is 4. The Morgan fingerprint density at radius 2 is 1.95 bits per heavy atom. The number of alkyl halides is 3. The molecule has 0 radical (unpaired) electrons. The van der Waals surface area contributed by atoms with Crippen LogP contribution in [0.1, 0.15) is 34.5 Å². The minimum absolute atomic E-state index is 0.115. The quantitative estimate of drug-likeness (QED) is 0.368. The molecule has 2 aromatic carbocycles. The fourth-order valence-electron chi connectivity index (χ4n) is 4.59. The van der Waals surface area contributed by atoms with E-state index in [2.05, 4.69) is 20.7 Å². The molecule has 0 saturated carbocycles. The van der Waals surface area contributed by atoms with Gasteiger partial charge in [-0.25, -0.2) is 4.98 Å². The Hall–Kier alpha value is -3.99. The normalized spacial score (nSPS) is 14.7. The van der Waals surface area contributed by atoms with Gasteiger partial charge in [0.15, 0.2) is 0 Å². The molecule has 0 unspecified atom stereocenters. The van der Waals surface area contributed by atoms with Crippen LogP contribution in [-0.2, 0) is 12.7 Å². The van der Waals surface area contributed by atoms with Crippen molar-refractivity contribution in [2.45, 2.75) is 25.6 Å². The van der Waals surface area contributed by atoms with Crippen molar-refractivity contribution in [2.75, 3.05) is 19.6 Å². The summed E-state index contributed by atoms with van der Waals surface area (Å²) in [6.07, 6.45) is -0.0635. The number of nitrogens with one attached hydrogen (secondary N) is 3. The molecule has 37 heavy (non-hydrogen) atoms. The van der Waals surface area contributed by atoms with Gasteiger partial charge in [0, 0.05) is 17.7 Å². The van der Waals surface area contributed by atoms with E-state index in [-0.39, 0.29) is 40.0 Å². The van der Waals surface area contributed by atoms with Crippen LogP contribution in [0.15, 0.2) is 59.8 Å². The van der Waals surface area contributed by atoms with Crippen LogP contribution in [0.2, 0.25) is 0 Å². The molecule has 1 aliphatic heterocycles. The first-order chi connectivity index (χ1) is 17.8. The Kier molecular flexibility index (Phi) is 6.79. The zero-order valence-electron chi connectivity index (χ0n) is 19.8. The molecular weight excluding hydrogens is 485 g/mol. The molecule has 5 rings (SSSR count). The maximum atomic E-state index is 13.2. The molecule has 0 bridgehead atoms. The lowest BCUT2D eigenvalue weighted by Gasteiger charge is -2.22. The van der Waals surface area contributed by atoms with Crippen LogP contribution in [0.5, 0.6) is 0 Å². The van der Waals surface area contributed by atoms with Gasteiger partial charge >= 0.3 is 6.18 Å². The molecule has 3 N–H and O–H groups in total. The van der Waals surface area contributed by atoms with E-state index in [1.807, 2.05) is 11.2 Å². The number of aromatic amines is 1. The number of carbonyl (C=O) groups is 1. The smallest absolute Gasteiger partial charge is 0.352 e. The summed E-state index contributed by atoms with van der Waals surface area (Å²) in [5.74, 6) is 0.305. The van der Waals surface area contributed by atoms with E-state index in [9.17, 15) is 22.8 Å². The van der Waals surface area contributed by atoms with Gasteiger partial charge in [0.1, 0.15) is 5.69 Å². The predicted molar refractivity (Wildman–Crippen MR) is 132 cm³/mol. The van der Waals surface area contributed by atoms with E-state index >= 15 is 0 Å².